The largest absolute Gasteiger partial charge is 0.446 e. The number of carbonyl (C=O) groups excluding carboxylic acids is 1. The normalized spacial score (nSPS) is 17.3. The number of thioether (sulfide) groups is 1. The number of aromatic nitrogens is 3. The van der Waals surface area contributed by atoms with Crippen molar-refractivity contribution in [2.24, 2.45) is 0 Å². The lowest BCUT2D eigenvalue weighted by Crippen LogP contribution is -2.31. The van der Waals surface area contributed by atoms with Crippen LogP contribution in [-0.2, 0) is 5.41 Å². The molecule has 5 rings (SSSR count). The number of carbonyl (C=O) groups is 1. The van der Waals surface area contributed by atoms with Crippen molar-refractivity contribution in [1.29, 1.82) is 0 Å². The lowest BCUT2D eigenvalue weighted by Gasteiger charge is -2.27. The summed E-state index contributed by atoms with van der Waals surface area (Å²) in [4.78, 5) is 23.8. The number of imidazole rings is 1. The van der Waals surface area contributed by atoms with E-state index in [1.807, 2.05) is 13.8 Å². The summed E-state index contributed by atoms with van der Waals surface area (Å²) in [6.07, 6.45) is 3.85. The average Bonchev–Trinajstić information content (AvgIpc) is 3.35. The van der Waals surface area contributed by atoms with Gasteiger partial charge in [0.2, 0.25) is 0 Å². The van der Waals surface area contributed by atoms with Crippen LogP contribution in [0.25, 0.3) is 16.6 Å². The van der Waals surface area contributed by atoms with E-state index >= 15 is 0 Å². The first kappa shape index (κ1) is 22.5. The molecule has 0 saturated carbocycles. The van der Waals surface area contributed by atoms with Gasteiger partial charge in [0.15, 0.2) is 0 Å². The minimum Gasteiger partial charge on any atom is -0.382 e. The van der Waals surface area contributed by atoms with Crippen LogP contribution in [0.2, 0.25) is 0 Å². The van der Waals surface area contributed by atoms with Gasteiger partial charge in [0.1, 0.15) is 11.3 Å². The summed E-state index contributed by atoms with van der Waals surface area (Å²) in [5.74, 6) is 0.170. The molecular weight excluding hydrogens is 463 g/mol. The Hall–Kier alpha value is -3.27. The molecule has 10 heteroatoms. The van der Waals surface area contributed by atoms with E-state index in [-0.39, 0.29) is 34.0 Å². The number of nitrogen functional groups attached to an aromatic ring is 1. The van der Waals surface area contributed by atoms with E-state index < -0.39 is 5.51 Å². The molecule has 2 aromatic heterocycles. The lowest BCUT2D eigenvalue weighted by molar-refractivity contribution is -0.0328. The van der Waals surface area contributed by atoms with Crippen LogP contribution in [0.1, 0.15) is 47.8 Å². The van der Waals surface area contributed by atoms with Gasteiger partial charge in [-0.25, -0.2) is 9.97 Å². The molecule has 2 aromatic carbocycles. The third-order valence-electron chi connectivity index (χ3n) is 6.46. The molecule has 0 fully saturated rings. The van der Waals surface area contributed by atoms with E-state index in [0.29, 0.717) is 34.4 Å². The van der Waals surface area contributed by atoms with Crippen molar-refractivity contribution in [3.05, 3.63) is 65.6 Å². The lowest BCUT2D eigenvalue weighted by atomic mass is 9.86. The molecular formula is C24H22F3N5OS. The Morgan fingerprint density at radius 3 is 2.71 bits per heavy atom. The molecule has 1 atom stereocenters. The first-order valence-corrected chi connectivity index (χ1v) is 11.4. The number of nitrogens with two attached hydrogens (primary N) is 1. The first-order valence-electron chi connectivity index (χ1n) is 10.6. The summed E-state index contributed by atoms with van der Waals surface area (Å²) in [6, 6.07) is 9.77. The van der Waals surface area contributed by atoms with Crippen LogP contribution in [-0.4, -0.2) is 37.7 Å². The molecule has 4 aromatic rings. The van der Waals surface area contributed by atoms with Crippen molar-refractivity contribution in [1.82, 2.24) is 19.3 Å². The molecule has 1 amide bonds. The fourth-order valence-corrected chi connectivity index (χ4v) is 5.39. The highest BCUT2D eigenvalue weighted by Crippen LogP contribution is 2.49. The second-order valence-corrected chi connectivity index (χ2v) is 10.3. The number of benzene rings is 2. The fourth-order valence-electron chi connectivity index (χ4n) is 4.81. The number of hydrogen-bond acceptors (Lipinski definition) is 5. The van der Waals surface area contributed by atoms with Gasteiger partial charge >= 0.3 is 5.51 Å². The van der Waals surface area contributed by atoms with Gasteiger partial charge in [-0.1, -0.05) is 19.9 Å². The van der Waals surface area contributed by atoms with E-state index in [9.17, 15) is 18.0 Å². The van der Waals surface area contributed by atoms with Gasteiger partial charge in [-0.3, -0.25) is 9.20 Å². The minimum absolute atomic E-state index is 0.119. The zero-order valence-electron chi connectivity index (χ0n) is 18.7. The van der Waals surface area contributed by atoms with Crippen molar-refractivity contribution < 1.29 is 18.0 Å². The Balaban J connectivity index is 1.50. The molecule has 0 spiro atoms. The van der Waals surface area contributed by atoms with Gasteiger partial charge in [-0.2, -0.15) is 13.2 Å². The molecule has 2 N–H and O–H groups in total. The molecule has 0 bridgehead atoms. The second kappa shape index (κ2) is 7.63. The van der Waals surface area contributed by atoms with Gasteiger partial charge in [-0.05, 0) is 65.1 Å². The maximum absolute atomic E-state index is 13.5. The number of hydrogen-bond donors (Lipinski definition) is 1. The van der Waals surface area contributed by atoms with Gasteiger partial charge in [-0.15, -0.1) is 0 Å². The van der Waals surface area contributed by atoms with Crippen LogP contribution >= 0.6 is 11.8 Å². The number of rotatable bonds is 3. The highest BCUT2D eigenvalue weighted by molar-refractivity contribution is 8.00. The standard InChI is InChI=1S/C24H22F3N5OS/c1-23(2)10-19(15-6-5-14(9-16(15)23)34-24(25,26)27)31(3)22(33)13-4-7-17-18(8-13)32-12-29-11-20(32)21(28)30-17/h4-9,11-12,19H,10H2,1-3H3,(H2,28,30)/t19-/m1/s1. The van der Waals surface area contributed by atoms with Crippen molar-refractivity contribution in [3.63, 3.8) is 0 Å². The molecule has 34 heavy (non-hydrogen) atoms. The van der Waals surface area contributed by atoms with Crippen LogP contribution < -0.4 is 5.73 Å². The molecule has 0 radical (unpaired) electrons. The van der Waals surface area contributed by atoms with Crippen LogP contribution in [0.3, 0.4) is 0 Å². The van der Waals surface area contributed by atoms with Crippen molar-refractivity contribution >= 4 is 40.0 Å². The topological polar surface area (TPSA) is 76.5 Å². The fraction of sp³-hybridized carbons (Fsp3) is 0.292. The van der Waals surface area contributed by atoms with Gasteiger partial charge in [0.25, 0.3) is 5.91 Å². The number of halogens is 3. The van der Waals surface area contributed by atoms with E-state index in [0.717, 1.165) is 11.1 Å². The van der Waals surface area contributed by atoms with Gasteiger partial charge in [0.05, 0.1) is 29.6 Å². The van der Waals surface area contributed by atoms with E-state index in [2.05, 4.69) is 9.97 Å². The second-order valence-electron chi connectivity index (χ2n) is 9.17. The molecule has 0 unspecified atom stereocenters. The number of amides is 1. The van der Waals surface area contributed by atoms with Gasteiger partial charge < -0.3 is 10.6 Å². The van der Waals surface area contributed by atoms with Crippen LogP contribution in [0, 0.1) is 0 Å². The number of fused-ring (bicyclic) bond motifs is 4. The minimum atomic E-state index is -4.35. The highest BCUT2D eigenvalue weighted by atomic mass is 32.2. The SMILES string of the molecule is CN(C(=O)c1ccc2nc(N)c3cncn3c2c1)[C@@H]1CC(C)(C)c2cc(SC(F)(F)F)ccc21. The predicted octanol–water partition coefficient (Wildman–Crippen LogP) is 5.57. The summed E-state index contributed by atoms with van der Waals surface area (Å²) in [7, 11) is 1.73. The summed E-state index contributed by atoms with van der Waals surface area (Å²) >= 11 is -0.119. The Morgan fingerprint density at radius 2 is 1.97 bits per heavy atom. The average molecular weight is 486 g/mol. The Morgan fingerprint density at radius 1 is 1.21 bits per heavy atom. The summed E-state index contributed by atoms with van der Waals surface area (Å²) in [5, 5.41) is 0. The molecule has 176 valence electrons. The smallest absolute Gasteiger partial charge is 0.382 e. The van der Waals surface area contributed by atoms with E-state index in [1.165, 1.54) is 6.07 Å². The highest BCUT2D eigenvalue weighted by Gasteiger charge is 2.41. The van der Waals surface area contributed by atoms with Crippen LogP contribution in [0.4, 0.5) is 19.0 Å². The number of nitrogens with zero attached hydrogens (tertiary/aromatic N) is 4. The summed E-state index contributed by atoms with van der Waals surface area (Å²) in [5.41, 5.74) is 5.48. The molecule has 0 aliphatic heterocycles. The van der Waals surface area contributed by atoms with E-state index in [4.69, 9.17) is 5.73 Å². The monoisotopic (exact) mass is 485 g/mol. The zero-order chi connectivity index (χ0) is 24.4. The van der Waals surface area contributed by atoms with Crippen molar-refractivity contribution in [3.8, 4) is 0 Å². The van der Waals surface area contributed by atoms with Crippen LogP contribution in [0.15, 0.2) is 53.8 Å². The molecule has 1 aliphatic rings. The molecule has 0 saturated heterocycles. The summed E-state index contributed by atoms with van der Waals surface area (Å²) < 4.78 is 40.5. The number of alkyl halides is 3. The van der Waals surface area contributed by atoms with Crippen molar-refractivity contribution in [2.75, 3.05) is 12.8 Å². The first-order chi connectivity index (χ1) is 15.9. The maximum Gasteiger partial charge on any atom is 0.446 e. The third-order valence-corrected chi connectivity index (χ3v) is 7.18. The Labute approximate surface area is 198 Å². The third kappa shape index (κ3) is 3.75. The molecule has 1 aliphatic carbocycles. The Kier molecular flexibility index (Phi) is 5.05. The Bertz CT molecular complexity index is 1450. The number of anilines is 1. The quantitative estimate of drug-likeness (QED) is 0.384. The maximum atomic E-state index is 13.5. The molecule has 2 heterocycles. The zero-order valence-corrected chi connectivity index (χ0v) is 19.5. The molecule has 6 nitrogen and oxygen atoms in total. The van der Waals surface area contributed by atoms with Crippen molar-refractivity contribution in [2.45, 2.75) is 42.1 Å². The summed E-state index contributed by atoms with van der Waals surface area (Å²) in [6.45, 7) is 3.99. The predicted molar refractivity (Wildman–Crippen MR) is 126 cm³/mol. The van der Waals surface area contributed by atoms with Crippen LogP contribution in [0.5, 0.6) is 0 Å². The van der Waals surface area contributed by atoms with Gasteiger partial charge in [0, 0.05) is 17.5 Å². The van der Waals surface area contributed by atoms with E-state index in [1.54, 1.807) is 59.2 Å².